The van der Waals surface area contributed by atoms with Crippen LogP contribution in [0.15, 0.2) is 30.5 Å². The van der Waals surface area contributed by atoms with E-state index in [0.29, 0.717) is 18.7 Å². The van der Waals surface area contributed by atoms with E-state index in [4.69, 9.17) is 0 Å². The van der Waals surface area contributed by atoms with Crippen molar-refractivity contribution in [3.05, 3.63) is 47.3 Å². The van der Waals surface area contributed by atoms with Crippen LogP contribution in [0, 0.1) is 6.92 Å². The van der Waals surface area contributed by atoms with Crippen LogP contribution in [-0.2, 0) is 13.1 Å². The molecule has 0 atom stereocenters. The average Bonchev–Trinajstić information content (AvgIpc) is 2.94. The molecular weight excluding hydrogens is 264 g/mol. The molecule has 0 radical (unpaired) electrons. The standard InChI is InChI=1S/C16H22N4O/c1-4-17-16(21)13-7-6-12(3)15(10-13)18-11-14-8-9-19-20(14)5-2/h6-10,18H,4-5,11H2,1-3H3,(H,17,21). The third kappa shape index (κ3) is 3.62. The zero-order chi connectivity index (χ0) is 15.2. The molecule has 0 saturated carbocycles. The van der Waals surface area contributed by atoms with Gasteiger partial charge in [-0.1, -0.05) is 6.07 Å². The molecule has 112 valence electrons. The Morgan fingerprint density at radius 3 is 2.81 bits per heavy atom. The Morgan fingerprint density at radius 1 is 1.29 bits per heavy atom. The number of amides is 1. The minimum atomic E-state index is -0.0425. The fraction of sp³-hybridized carbons (Fsp3) is 0.375. The first-order valence-corrected chi connectivity index (χ1v) is 7.29. The second-order valence-electron chi connectivity index (χ2n) is 4.88. The second-order valence-corrected chi connectivity index (χ2v) is 4.88. The van der Waals surface area contributed by atoms with E-state index in [1.807, 2.05) is 42.8 Å². The Hall–Kier alpha value is -2.30. The number of hydrogen-bond acceptors (Lipinski definition) is 3. The first-order valence-electron chi connectivity index (χ1n) is 7.29. The van der Waals surface area contributed by atoms with E-state index in [9.17, 15) is 4.79 Å². The third-order valence-electron chi connectivity index (χ3n) is 3.40. The lowest BCUT2D eigenvalue weighted by Gasteiger charge is -2.12. The number of rotatable bonds is 6. The summed E-state index contributed by atoms with van der Waals surface area (Å²) in [5, 5.41) is 10.5. The Bertz CT molecular complexity index is 618. The molecule has 0 fully saturated rings. The number of benzene rings is 1. The average molecular weight is 286 g/mol. The van der Waals surface area contributed by atoms with Gasteiger partial charge in [0, 0.05) is 30.5 Å². The molecule has 2 N–H and O–H groups in total. The summed E-state index contributed by atoms with van der Waals surface area (Å²) in [5.74, 6) is -0.0425. The molecule has 1 aromatic heterocycles. The smallest absolute Gasteiger partial charge is 0.251 e. The quantitative estimate of drug-likeness (QED) is 0.858. The minimum absolute atomic E-state index is 0.0425. The van der Waals surface area contributed by atoms with Crippen molar-refractivity contribution in [2.45, 2.75) is 33.9 Å². The van der Waals surface area contributed by atoms with Gasteiger partial charge in [0.2, 0.25) is 0 Å². The van der Waals surface area contributed by atoms with Crippen LogP contribution in [0.25, 0.3) is 0 Å². The number of carbonyl (C=O) groups is 1. The Kier molecular flexibility index (Phi) is 4.98. The molecule has 5 heteroatoms. The van der Waals surface area contributed by atoms with Crippen LogP contribution >= 0.6 is 0 Å². The summed E-state index contributed by atoms with van der Waals surface area (Å²) in [4.78, 5) is 11.9. The second kappa shape index (κ2) is 6.92. The third-order valence-corrected chi connectivity index (χ3v) is 3.40. The molecule has 0 aliphatic carbocycles. The summed E-state index contributed by atoms with van der Waals surface area (Å²) in [7, 11) is 0. The lowest BCUT2D eigenvalue weighted by molar-refractivity contribution is 0.0956. The van der Waals surface area contributed by atoms with E-state index in [0.717, 1.165) is 23.5 Å². The van der Waals surface area contributed by atoms with Crippen LogP contribution in [-0.4, -0.2) is 22.2 Å². The maximum absolute atomic E-state index is 11.9. The largest absolute Gasteiger partial charge is 0.379 e. The van der Waals surface area contributed by atoms with Crippen molar-refractivity contribution in [1.82, 2.24) is 15.1 Å². The highest BCUT2D eigenvalue weighted by atomic mass is 16.1. The molecule has 0 spiro atoms. The maximum atomic E-state index is 11.9. The van der Waals surface area contributed by atoms with E-state index in [1.165, 1.54) is 0 Å². The van der Waals surface area contributed by atoms with E-state index in [1.54, 1.807) is 6.20 Å². The topological polar surface area (TPSA) is 59.0 Å². The van der Waals surface area contributed by atoms with E-state index in [-0.39, 0.29) is 5.91 Å². The monoisotopic (exact) mass is 286 g/mol. The van der Waals surface area contributed by atoms with Gasteiger partial charge in [-0.15, -0.1) is 0 Å². The zero-order valence-corrected chi connectivity index (χ0v) is 12.8. The van der Waals surface area contributed by atoms with Gasteiger partial charge in [0.25, 0.3) is 5.91 Å². The molecule has 0 saturated heterocycles. The highest BCUT2D eigenvalue weighted by molar-refractivity contribution is 5.95. The molecule has 0 aliphatic rings. The van der Waals surface area contributed by atoms with Gasteiger partial charge in [-0.05, 0) is 44.5 Å². The molecule has 0 bridgehead atoms. The molecule has 0 aliphatic heterocycles. The van der Waals surface area contributed by atoms with Gasteiger partial charge in [-0.3, -0.25) is 9.48 Å². The number of hydrogen-bond donors (Lipinski definition) is 2. The van der Waals surface area contributed by atoms with Gasteiger partial charge >= 0.3 is 0 Å². The van der Waals surface area contributed by atoms with Crippen molar-refractivity contribution in [3.8, 4) is 0 Å². The van der Waals surface area contributed by atoms with Gasteiger partial charge in [-0.2, -0.15) is 5.10 Å². The number of nitrogens with one attached hydrogen (secondary N) is 2. The van der Waals surface area contributed by atoms with Crippen molar-refractivity contribution in [1.29, 1.82) is 0 Å². The van der Waals surface area contributed by atoms with Crippen molar-refractivity contribution in [2.24, 2.45) is 0 Å². The number of carbonyl (C=O) groups excluding carboxylic acids is 1. The first kappa shape index (κ1) is 15.1. The highest BCUT2D eigenvalue weighted by Crippen LogP contribution is 2.18. The summed E-state index contributed by atoms with van der Waals surface area (Å²) >= 11 is 0. The summed E-state index contributed by atoms with van der Waals surface area (Å²) in [6.45, 7) is 8.18. The van der Waals surface area contributed by atoms with Crippen LogP contribution in [0.4, 0.5) is 5.69 Å². The molecule has 21 heavy (non-hydrogen) atoms. The Morgan fingerprint density at radius 2 is 2.10 bits per heavy atom. The van der Waals surface area contributed by atoms with Gasteiger partial charge in [0.1, 0.15) is 0 Å². The van der Waals surface area contributed by atoms with Crippen molar-refractivity contribution >= 4 is 11.6 Å². The molecule has 2 rings (SSSR count). The fourth-order valence-electron chi connectivity index (χ4n) is 2.20. The molecule has 1 amide bonds. The molecule has 1 aromatic carbocycles. The van der Waals surface area contributed by atoms with Crippen LogP contribution in [0.5, 0.6) is 0 Å². The van der Waals surface area contributed by atoms with Crippen LogP contribution in [0.1, 0.15) is 35.5 Å². The first-order chi connectivity index (χ1) is 10.2. The van der Waals surface area contributed by atoms with Gasteiger partial charge in [-0.25, -0.2) is 0 Å². The van der Waals surface area contributed by atoms with Gasteiger partial charge in [0.15, 0.2) is 0 Å². The zero-order valence-electron chi connectivity index (χ0n) is 12.8. The summed E-state index contributed by atoms with van der Waals surface area (Å²) in [6, 6.07) is 7.71. The van der Waals surface area contributed by atoms with Crippen LogP contribution in [0.2, 0.25) is 0 Å². The predicted molar refractivity (Wildman–Crippen MR) is 84.4 cm³/mol. The maximum Gasteiger partial charge on any atom is 0.251 e. The van der Waals surface area contributed by atoms with Gasteiger partial charge < -0.3 is 10.6 Å². The van der Waals surface area contributed by atoms with Crippen molar-refractivity contribution < 1.29 is 4.79 Å². The van der Waals surface area contributed by atoms with Crippen LogP contribution < -0.4 is 10.6 Å². The number of aromatic nitrogens is 2. The van der Waals surface area contributed by atoms with Crippen molar-refractivity contribution in [2.75, 3.05) is 11.9 Å². The molecule has 1 heterocycles. The molecule has 2 aromatic rings. The Labute approximate surface area is 125 Å². The number of nitrogens with zero attached hydrogens (tertiary/aromatic N) is 2. The van der Waals surface area contributed by atoms with Crippen LogP contribution in [0.3, 0.4) is 0 Å². The van der Waals surface area contributed by atoms with Crippen molar-refractivity contribution in [3.63, 3.8) is 0 Å². The SMILES string of the molecule is CCNC(=O)c1ccc(C)c(NCc2ccnn2CC)c1. The lowest BCUT2D eigenvalue weighted by atomic mass is 10.1. The summed E-state index contributed by atoms with van der Waals surface area (Å²) in [6.07, 6.45) is 1.80. The predicted octanol–water partition coefficient (Wildman–Crippen LogP) is 2.57. The molecule has 5 nitrogen and oxygen atoms in total. The fourth-order valence-corrected chi connectivity index (χ4v) is 2.20. The number of anilines is 1. The summed E-state index contributed by atoms with van der Waals surface area (Å²) < 4.78 is 1.95. The van der Waals surface area contributed by atoms with E-state index in [2.05, 4.69) is 22.7 Å². The number of aryl methyl sites for hydroxylation is 2. The highest BCUT2D eigenvalue weighted by Gasteiger charge is 2.08. The normalized spacial score (nSPS) is 10.4. The minimum Gasteiger partial charge on any atom is -0.379 e. The van der Waals surface area contributed by atoms with Gasteiger partial charge in [0.05, 0.1) is 12.2 Å². The van der Waals surface area contributed by atoms with E-state index < -0.39 is 0 Å². The molecule has 0 unspecified atom stereocenters. The summed E-state index contributed by atoms with van der Waals surface area (Å²) in [5.41, 5.74) is 3.89. The lowest BCUT2D eigenvalue weighted by Crippen LogP contribution is -2.22. The molecular formula is C16H22N4O. The van der Waals surface area contributed by atoms with E-state index >= 15 is 0 Å². The Balaban J connectivity index is 2.12.